The van der Waals surface area contributed by atoms with Crippen molar-refractivity contribution in [2.24, 2.45) is 0 Å². The van der Waals surface area contributed by atoms with Crippen LogP contribution in [0.15, 0.2) is 60.7 Å². The first-order chi connectivity index (χ1) is 12.7. The summed E-state index contributed by atoms with van der Waals surface area (Å²) >= 11 is 0. The van der Waals surface area contributed by atoms with E-state index in [9.17, 15) is 10.1 Å². The number of pyridine rings is 1. The minimum absolute atomic E-state index is 0.0696. The lowest BCUT2D eigenvalue weighted by atomic mass is 10.2. The second-order valence-electron chi connectivity index (χ2n) is 6.41. The molecule has 1 fully saturated rings. The molecule has 26 heavy (non-hydrogen) atoms. The van der Waals surface area contributed by atoms with E-state index in [1.165, 1.54) is 12.1 Å². The van der Waals surface area contributed by atoms with Crippen molar-refractivity contribution >= 4 is 22.4 Å². The summed E-state index contributed by atoms with van der Waals surface area (Å²) in [5, 5.41) is 11.9. The van der Waals surface area contributed by atoms with Crippen molar-refractivity contribution in [3.05, 3.63) is 70.8 Å². The smallest absolute Gasteiger partial charge is 0.269 e. The van der Waals surface area contributed by atoms with Crippen molar-refractivity contribution in [2.45, 2.75) is 18.9 Å². The van der Waals surface area contributed by atoms with E-state index in [4.69, 9.17) is 9.72 Å². The largest absolute Gasteiger partial charge is 0.491 e. The van der Waals surface area contributed by atoms with E-state index in [0.29, 0.717) is 12.4 Å². The van der Waals surface area contributed by atoms with Crippen LogP contribution in [0.25, 0.3) is 10.9 Å². The molecule has 0 radical (unpaired) electrons. The monoisotopic (exact) mass is 349 g/mol. The maximum atomic E-state index is 10.7. The van der Waals surface area contributed by atoms with Gasteiger partial charge in [0.15, 0.2) is 0 Å². The van der Waals surface area contributed by atoms with Crippen molar-refractivity contribution in [3.63, 3.8) is 0 Å². The van der Waals surface area contributed by atoms with Gasteiger partial charge in [-0.25, -0.2) is 4.98 Å². The fourth-order valence-electron chi connectivity index (χ4n) is 3.38. The molecule has 0 aliphatic carbocycles. The normalized spacial score (nSPS) is 16.8. The van der Waals surface area contributed by atoms with Crippen LogP contribution in [0.3, 0.4) is 0 Å². The van der Waals surface area contributed by atoms with Gasteiger partial charge in [0.2, 0.25) is 0 Å². The van der Waals surface area contributed by atoms with Gasteiger partial charge in [0.25, 0.3) is 5.69 Å². The highest BCUT2D eigenvalue weighted by molar-refractivity contribution is 5.80. The zero-order valence-corrected chi connectivity index (χ0v) is 14.2. The fraction of sp³-hybridized carbons (Fsp3) is 0.250. The Morgan fingerprint density at radius 1 is 1.12 bits per heavy atom. The maximum Gasteiger partial charge on any atom is 0.269 e. The van der Waals surface area contributed by atoms with E-state index in [1.54, 1.807) is 12.1 Å². The van der Waals surface area contributed by atoms with Crippen LogP contribution in [0.1, 0.15) is 12.8 Å². The lowest BCUT2D eigenvalue weighted by Gasteiger charge is -2.26. The van der Waals surface area contributed by atoms with E-state index in [1.807, 2.05) is 18.2 Å². The number of para-hydroxylation sites is 1. The number of rotatable bonds is 5. The Morgan fingerprint density at radius 3 is 2.73 bits per heavy atom. The van der Waals surface area contributed by atoms with Crippen LogP contribution in [0.2, 0.25) is 0 Å². The van der Waals surface area contributed by atoms with Gasteiger partial charge in [0.1, 0.15) is 18.2 Å². The van der Waals surface area contributed by atoms with E-state index < -0.39 is 4.92 Å². The van der Waals surface area contributed by atoms with Gasteiger partial charge in [0.05, 0.1) is 16.5 Å². The van der Waals surface area contributed by atoms with Crippen LogP contribution in [-0.4, -0.2) is 29.1 Å². The van der Waals surface area contributed by atoms with Gasteiger partial charge in [-0.15, -0.1) is 0 Å². The Bertz CT molecular complexity index is 927. The van der Waals surface area contributed by atoms with Gasteiger partial charge in [-0.3, -0.25) is 10.1 Å². The second kappa shape index (κ2) is 7.00. The van der Waals surface area contributed by atoms with Gasteiger partial charge in [-0.05, 0) is 43.2 Å². The number of ether oxygens (including phenoxy) is 1. The number of benzene rings is 2. The summed E-state index contributed by atoms with van der Waals surface area (Å²) < 4.78 is 5.87. The van der Waals surface area contributed by atoms with E-state index >= 15 is 0 Å². The first-order valence-electron chi connectivity index (χ1n) is 8.70. The minimum Gasteiger partial charge on any atom is -0.491 e. The highest BCUT2D eigenvalue weighted by atomic mass is 16.6. The van der Waals surface area contributed by atoms with E-state index in [-0.39, 0.29) is 11.7 Å². The number of fused-ring (bicyclic) bond motifs is 1. The third-order valence-corrected chi connectivity index (χ3v) is 4.75. The second-order valence-corrected chi connectivity index (χ2v) is 6.41. The standard InChI is InChI=1S/C20H19N3O3/c24-23(25)16-8-10-18(11-9-16)26-14-17-5-3-13-22(17)20-12-7-15-4-1-2-6-19(15)21-20/h1-2,4,6-12,17H,3,5,13-14H2/t17-/m0/s1. The molecule has 3 aromatic rings. The highest BCUT2D eigenvalue weighted by Crippen LogP contribution is 2.27. The Hall–Kier alpha value is -3.15. The Labute approximate surface area is 151 Å². The molecule has 0 spiro atoms. The highest BCUT2D eigenvalue weighted by Gasteiger charge is 2.26. The van der Waals surface area contributed by atoms with E-state index in [2.05, 4.69) is 23.1 Å². The summed E-state index contributed by atoms with van der Waals surface area (Å²) in [5.41, 5.74) is 1.06. The molecule has 0 unspecified atom stereocenters. The van der Waals surface area contributed by atoms with Gasteiger partial charge in [0, 0.05) is 24.1 Å². The summed E-state index contributed by atoms with van der Waals surface area (Å²) in [7, 11) is 0. The van der Waals surface area contributed by atoms with Crippen molar-refractivity contribution in [3.8, 4) is 5.75 Å². The van der Waals surface area contributed by atoms with Gasteiger partial charge in [-0.2, -0.15) is 0 Å². The Balaban J connectivity index is 1.46. The Morgan fingerprint density at radius 2 is 1.92 bits per heavy atom. The molecule has 1 aliphatic heterocycles. The third-order valence-electron chi connectivity index (χ3n) is 4.75. The molecule has 4 rings (SSSR count). The molecule has 1 atom stereocenters. The SMILES string of the molecule is O=[N+]([O-])c1ccc(OC[C@@H]2CCCN2c2ccc3ccccc3n2)cc1. The quantitative estimate of drug-likeness (QED) is 0.510. The molecular formula is C20H19N3O3. The van der Waals surface area contributed by atoms with Crippen LogP contribution in [0.4, 0.5) is 11.5 Å². The van der Waals surface area contributed by atoms with Crippen molar-refractivity contribution in [2.75, 3.05) is 18.1 Å². The minimum atomic E-state index is -0.409. The summed E-state index contributed by atoms with van der Waals surface area (Å²) in [6.07, 6.45) is 2.14. The third kappa shape index (κ3) is 3.31. The molecule has 0 saturated carbocycles. The number of nitrogens with zero attached hydrogens (tertiary/aromatic N) is 3. The molecule has 0 N–H and O–H groups in total. The molecule has 0 amide bonds. The number of hydrogen-bond donors (Lipinski definition) is 0. The van der Waals surface area contributed by atoms with Crippen molar-refractivity contribution < 1.29 is 9.66 Å². The zero-order chi connectivity index (χ0) is 17.9. The van der Waals surface area contributed by atoms with Gasteiger partial charge < -0.3 is 9.64 Å². The molecule has 1 aliphatic rings. The number of hydrogen-bond acceptors (Lipinski definition) is 5. The predicted molar refractivity (Wildman–Crippen MR) is 101 cm³/mol. The number of aromatic nitrogens is 1. The summed E-state index contributed by atoms with van der Waals surface area (Å²) in [5.74, 6) is 1.62. The maximum absolute atomic E-state index is 10.7. The molecule has 2 heterocycles. The summed E-state index contributed by atoms with van der Waals surface area (Å²) in [6.45, 7) is 1.49. The van der Waals surface area contributed by atoms with Crippen LogP contribution in [-0.2, 0) is 0 Å². The van der Waals surface area contributed by atoms with Crippen molar-refractivity contribution in [1.82, 2.24) is 4.98 Å². The Kier molecular flexibility index (Phi) is 4.39. The molecule has 1 saturated heterocycles. The topological polar surface area (TPSA) is 68.5 Å². The fourth-order valence-corrected chi connectivity index (χ4v) is 3.38. The van der Waals surface area contributed by atoms with Crippen LogP contribution in [0, 0.1) is 10.1 Å². The molecule has 6 heteroatoms. The molecular weight excluding hydrogens is 330 g/mol. The molecule has 132 valence electrons. The average Bonchev–Trinajstić information content (AvgIpc) is 3.15. The molecule has 2 aromatic carbocycles. The van der Waals surface area contributed by atoms with Gasteiger partial charge in [-0.1, -0.05) is 18.2 Å². The zero-order valence-electron chi connectivity index (χ0n) is 14.2. The van der Waals surface area contributed by atoms with Crippen LogP contribution in [0.5, 0.6) is 5.75 Å². The lowest BCUT2D eigenvalue weighted by molar-refractivity contribution is -0.384. The van der Waals surface area contributed by atoms with Crippen molar-refractivity contribution in [1.29, 1.82) is 0 Å². The first-order valence-corrected chi connectivity index (χ1v) is 8.70. The predicted octanol–water partition coefficient (Wildman–Crippen LogP) is 4.19. The van der Waals surface area contributed by atoms with Crippen LogP contribution >= 0.6 is 0 Å². The summed E-state index contributed by atoms with van der Waals surface area (Å²) in [4.78, 5) is 17.4. The molecule has 1 aromatic heterocycles. The number of anilines is 1. The molecule has 0 bridgehead atoms. The van der Waals surface area contributed by atoms with Gasteiger partial charge >= 0.3 is 0 Å². The lowest BCUT2D eigenvalue weighted by Crippen LogP contribution is -2.34. The number of nitro groups is 1. The molecule has 6 nitrogen and oxygen atoms in total. The number of nitro benzene ring substituents is 1. The van der Waals surface area contributed by atoms with E-state index in [0.717, 1.165) is 36.1 Å². The summed E-state index contributed by atoms with van der Waals surface area (Å²) in [6, 6.07) is 18.7. The average molecular weight is 349 g/mol. The first kappa shape index (κ1) is 16.3. The van der Waals surface area contributed by atoms with Crippen LogP contribution < -0.4 is 9.64 Å². The number of non-ortho nitro benzene ring substituents is 1.